The van der Waals surface area contributed by atoms with Crippen LogP contribution >= 0.6 is 0 Å². The van der Waals surface area contributed by atoms with E-state index in [9.17, 15) is 13.2 Å². The molecule has 1 rings (SSSR count). The Hall–Kier alpha value is -1.11. The Morgan fingerprint density at radius 2 is 1.74 bits per heavy atom. The first kappa shape index (κ1) is 15.9. The van der Waals surface area contributed by atoms with Crippen LogP contribution in [0, 0.1) is 17.5 Å². The van der Waals surface area contributed by atoms with Gasteiger partial charge in [0.1, 0.15) is 5.82 Å². The summed E-state index contributed by atoms with van der Waals surface area (Å²) < 4.78 is 48.9. The fourth-order valence-electron chi connectivity index (χ4n) is 1.47. The molecule has 1 aromatic carbocycles. The van der Waals surface area contributed by atoms with Crippen LogP contribution in [0.15, 0.2) is 12.1 Å². The molecular weight excluding hydrogens is 259 g/mol. The highest BCUT2D eigenvalue weighted by atomic mass is 19.2. The predicted octanol–water partition coefficient (Wildman–Crippen LogP) is 2.25. The standard InChI is InChI=1S/C13H18F3NO2/c1-18-5-6-19-4-2-3-17-9-10-7-12(15)13(16)8-11(10)14/h7-8,17H,2-6,9H2,1H3. The molecule has 0 atom stereocenters. The number of benzene rings is 1. The van der Waals surface area contributed by atoms with Gasteiger partial charge in [-0.15, -0.1) is 0 Å². The third kappa shape index (κ3) is 6.04. The van der Waals surface area contributed by atoms with E-state index in [1.165, 1.54) is 0 Å². The quantitative estimate of drug-likeness (QED) is 0.555. The summed E-state index contributed by atoms with van der Waals surface area (Å²) in [4.78, 5) is 0. The second kappa shape index (κ2) is 8.90. The van der Waals surface area contributed by atoms with Gasteiger partial charge in [-0.25, -0.2) is 13.2 Å². The minimum absolute atomic E-state index is 0.110. The molecule has 0 saturated heterocycles. The van der Waals surface area contributed by atoms with E-state index in [2.05, 4.69) is 5.32 Å². The van der Waals surface area contributed by atoms with Crippen molar-refractivity contribution in [2.75, 3.05) is 33.5 Å². The molecule has 0 radical (unpaired) electrons. The summed E-state index contributed by atoms with van der Waals surface area (Å²) in [5.41, 5.74) is 0.110. The average molecular weight is 277 g/mol. The van der Waals surface area contributed by atoms with Crippen LogP contribution in [0.5, 0.6) is 0 Å². The molecule has 0 aliphatic heterocycles. The summed E-state index contributed by atoms with van der Waals surface area (Å²) in [6.45, 7) is 2.41. The fraction of sp³-hybridized carbons (Fsp3) is 0.538. The Bertz CT molecular complexity index is 388. The number of nitrogens with one attached hydrogen (secondary N) is 1. The molecule has 0 saturated carbocycles. The Morgan fingerprint density at radius 1 is 1.00 bits per heavy atom. The van der Waals surface area contributed by atoms with Crippen molar-refractivity contribution in [1.29, 1.82) is 0 Å². The van der Waals surface area contributed by atoms with Crippen molar-refractivity contribution in [3.05, 3.63) is 35.1 Å². The average Bonchev–Trinajstić information content (AvgIpc) is 2.38. The second-order valence-electron chi connectivity index (χ2n) is 3.99. The summed E-state index contributed by atoms with van der Waals surface area (Å²) in [6, 6.07) is 1.42. The normalized spacial score (nSPS) is 10.9. The molecule has 3 nitrogen and oxygen atoms in total. The van der Waals surface area contributed by atoms with Crippen LogP contribution in [-0.2, 0) is 16.0 Å². The van der Waals surface area contributed by atoms with Crippen molar-refractivity contribution < 1.29 is 22.6 Å². The minimum Gasteiger partial charge on any atom is -0.382 e. The number of hydrogen-bond donors (Lipinski definition) is 1. The van der Waals surface area contributed by atoms with E-state index in [0.717, 1.165) is 12.5 Å². The number of ether oxygens (including phenoxy) is 2. The smallest absolute Gasteiger partial charge is 0.161 e. The van der Waals surface area contributed by atoms with Gasteiger partial charge >= 0.3 is 0 Å². The van der Waals surface area contributed by atoms with Gasteiger partial charge in [-0.2, -0.15) is 0 Å². The Morgan fingerprint density at radius 3 is 2.47 bits per heavy atom. The monoisotopic (exact) mass is 277 g/mol. The minimum atomic E-state index is -1.17. The molecule has 108 valence electrons. The zero-order valence-electron chi connectivity index (χ0n) is 10.8. The molecule has 0 bridgehead atoms. The first-order chi connectivity index (χ1) is 9.15. The molecule has 0 unspecified atom stereocenters. The van der Waals surface area contributed by atoms with E-state index in [1.54, 1.807) is 7.11 Å². The van der Waals surface area contributed by atoms with Crippen molar-refractivity contribution in [2.24, 2.45) is 0 Å². The lowest BCUT2D eigenvalue weighted by molar-refractivity contribution is 0.0694. The number of hydrogen-bond acceptors (Lipinski definition) is 3. The van der Waals surface area contributed by atoms with Gasteiger partial charge in [0, 0.05) is 31.9 Å². The van der Waals surface area contributed by atoms with Crippen molar-refractivity contribution in [1.82, 2.24) is 5.32 Å². The van der Waals surface area contributed by atoms with Gasteiger partial charge in [0.15, 0.2) is 11.6 Å². The summed E-state index contributed by atoms with van der Waals surface area (Å²) in [5.74, 6) is -2.96. The maximum atomic E-state index is 13.3. The van der Waals surface area contributed by atoms with Gasteiger partial charge in [-0.3, -0.25) is 0 Å². The SMILES string of the molecule is COCCOCCCNCc1cc(F)c(F)cc1F. The van der Waals surface area contributed by atoms with E-state index in [4.69, 9.17) is 9.47 Å². The second-order valence-corrected chi connectivity index (χ2v) is 3.99. The molecule has 0 aromatic heterocycles. The Kier molecular flexibility index (Phi) is 7.47. The molecule has 0 heterocycles. The summed E-state index contributed by atoms with van der Waals surface area (Å²) in [7, 11) is 1.60. The van der Waals surface area contributed by atoms with Crippen LogP contribution in [0.3, 0.4) is 0 Å². The summed E-state index contributed by atoms with van der Waals surface area (Å²) >= 11 is 0. The maximum Gasteiger partial charge on any atom is 0.161 e. The predicted molar refractivity (Wildman–Crippen MR) is 65.3 cm³/mol. The van der Waals surface area contributed by atoms with E-state index in [-0.39, 0.29) is 12.1 Å². The molecule has 0 fully saturated rings. The maximum absolute atomic E-state index is 13.3. The zero-order chi connectivity index (χ0) is 14.1. The van der Waals surface area contributed by atoms with E-state index in [0.29, 0.717) is 32.4 Å². The van der Waals surface area contributed by atoms with Crippen molar-refractivity contribution in [3.63, 3.8) is 0 Å². The summed E-state index contributed by atoms with van der Waals surface area (Å²) in [6.07, 6.45) is 0.745. The molecule has 1 N–H and O–H groups in total. The van der Waals surface area contributed by atoms with Gasteiger partial charge < -0.3 is 14.8 Å². The first-order valence-corrected chi connectivity index (χ1v) is 6.06. The van der Waals surface area contributed by atoms with Crippen LogP contribution in [0.4, 0.5) is 13.2 Å². The van der Waals surface area contributed by atoms with Gasteiger partial charge in [-0.1, -0.05) is 0 Å². The molecule has 6 heteroatoms. The number of methoxy groups -OCH3 is 1. The lowest BCUT2D eigenvalue weighted by Gasteiger charge is -2.07. The third-order valence-corrected chi connectivity index (χ3v) is 2.48. The third-order valence-electron chi connectivity index (χ3n) is 2.48. The van der Waals surface area contributed by atoms with Gasteiger partial charge in [-0.05, 0) is 19.0 Å². The molecule has 0 aliphatic carbocycles. The van der Waals surface area contributed by atoms with Gasteiger partial charge in [0.2, 0.25) is 0 Å². The number of halogens is 3. The number of rotatable bonds is 9. The Balaban J connectivity index is 2.17. The van der Waals surface area contributed by atoms with E-state index < -0.39 is 17.5 Å². The molecule has 1 aromatic rings. The van der Waals surface area contributed by atoms with Crippen LogP contribution in [0.25, 0.3) is 0 Å². The van der Waals surface area contributed by atoms with Crippen molar-refractivity contribution in [2.45, 2.75) is 13.0 Å². The highest BCUT2D eigenvalue weighted by Crippen LogP contribution is 2.13. The first-order valence-electron chi connectivity index (χ1n) is 6.06. The zero-order valence-corrected chi connectivity index (χ0v) is 10.8. The van der Waals surface area contributed by atoms with Gasteiger partial charge in [0.25, 0.3) is 0 Å². The fourth-order valence-corrected chi connectivity index (χ4v) is 1.47. The van der Waals surface area contributed by atoms with Crippen molar-refractivity contribution >= 4 is 0 Å². The lowest BCUT2D eigenvalue weighted by Crippen LogP contribution is -2.18. The highest BCUT2D eigenvalue weighted by Gasteiger charge is 2.08. The molecule has 0 amide bonds. The van der Waals surface area contributed by atoms with E-state index >= 15 is 0 Å². The van der Waals surface area contributed by atoms with Crippen LogP contribution in [-0.4, -0.2) is 33.5 Å². The van der Waals surface area contributed by atoms with Crippen LogP contribution in [0.1, 0.15) is 12.0 Å². The van der Waals surface area contributed by atoms with Gasteiger partial charge in [0.05, 0.1) is 13.2 Å². The Labute approximate surface area is 110 Å². The van der Waals surface area contributed by atoms with Crippen molar-refractivity contribution in [3.8, 4) is 0 Å². The van der Waals surface area contributed by atoms with E-state index in [1.807, 2.05) is 0 Å². The molecular formula is C13H18F3NO2. The lowest BCUT2D eigenvalue weighted by atomic mass is 10.2. The topological polar surface area (TPSA) is 30.5 Å². The summed E-state index contributed by atoms with van der Waals surface area (Å²) in [5, 5.41) is 2.94. The highest BCUT2D eigenvalue weighted by molar-refractivity contribution is 5.19. The molecule has 0 aliphatic rings. The van der Waals surface area contributed by atoms with Crippen LogP contribution in [0.2, 0.25) is 0 Å². The largest absolute Gasteiger partial charge is 0.382 e. The molecule has 19 heavy (non-hydrogen) atoms. The molecule has 0 spiro atoms. The van der Waals surface area contributed by atoms with Crippen LogP contribution < -0.4 is 5.32 Å².